The molecule has 4 nitrogen and oxygen atoms in total. The topological polar surface area (TPSA) is 18.0 Å². The van der Waals surface area contributed by atoms with Gasteiger partial charge < -0.3 is 18.6 Å². The van der Waals surface area contributed by atoms with E-state index in [0.29, 0.717) is 0 Å². The third kappa shape index (κ3) is 6.38. The molecule has 70 heavy (non-hydrogen) atoms. The van der Waals surface area contributed by atoms with Gasteiger partial charge >= 0.3 is 0 Å². The van der Waals surface area contributed by atoms with Crippen molar-refractivity contribution in [2.24, 2.45) is 0 Å². The molecule has 0 N–H and O–H groups in total. The first kappa shape index (κ1) is 39.8. The van der Waals surface area contributed by atoms with E-state index in [1.165, 1.54) is 93.4 Å². The van der Waals surface area contributed by atoms with E-state index < -0.39 is 0 Å². The van der Waals surface area contributed by atoms with Crippen LogP contribution in [0.2, 0.25) is 0 Å². The van der Waals surface area contributed by atoms with Crippen molar-refractivity contribution in [2.45, 2.75) is 0 Å². The number of para-hydroxylation sites is 6. The van der Waals surface area contributed by atoms with Gasteiger partial charge in [0.1, 0.15) is 0 Å². The first-order valence-electron chi connectivity index (χ1n) is 24.0. The number of fused-ring (bicyclic) bond motifs is 9. The molecule has 0 amide bonds. The van der Waals surface area contributed by atoms with E-state index in [1.807, 2.05) is 0 Å². The zero-order valence-corrected chi connectivity index (χ0v) is 38.2. The summed E-state index contributed by atoms with van der Waals surface area (Å²) in [7, 11) is 0. The van der Waals surface area contributed by atoms with Crippen LogP contribution in [0.1, 0.15) is 0 Å². The second-order valence-electron chi connectivity index (χ2n) is 18.2. The molecule has 0 aliphatic carbocycles. The standard InChI is InChI=1S/C66H44N4/c1-2-14-49(15-3-1)68-65-25-13-8-20-59(65)60-44-48(32-43-66(60)68)47-28-26-45(27-29-47)46-30-33-50(34-31-46)67(51-35-39-53(40-36-51)69-61-21-9-4-16-55(61)56-17-5-10-22-62(56)69)52-37-41-54(42-38-52)70-63-23-11-6-18-57(63)58-19-7-12-24-64(58)70/h1-44H. The van der Waals surface area contributed by atoms with Crippen molar-refractivity contribution in [3.05, 3.63) is 267 Å². The Kier molecular flexibility index (Phi) is 9.17. The van der Waals surface area contributed by atoms with E-state index >= 15 is 0 Å². The van der Waals surface area contributed by atoms with Gasteiger partial charge in [-0.25, -0.2) is 0 Å². The number of aromatic nitrogens is 3. The molecule has 3 aromatic heterocycles. The Morgan fingerprint density at radius 3 is 0.871 bits per heavy atom. The van der Waals surface area contributed by atoms with E-state index in [9.17, 15) is 0 Å². The highest BCUT2D eigenvalue weighted by Gasteiger charge is 2.18. The quantitative estimate of drug-likeness (QED) is 0.149. The third-order valence-corrected chi connectivity index (χ3v) is 14.3. The van der Waals surface area contributed by atoms with Crippen LogP contribution in [-0.4, -0.2) is 13.7 Å². The number of anilines is 3. The van der Waals surface area contributed by atoms with Gasteiger partial charge in [-0.2, -0.15) is 0 Å². The zero-order valence-electron chi connectivity index (χ0n) is 38.2. The molecule has 3 heterocycles. The predicted molar refractivity (Wildman–Crippen MR) is 295 cm³/mol. The van der Waals surface area contributed by atoms with Gasteiger partial charge in [0.15, 0.2) is 0 Å². The molecule has 11 aromatic carbocycles. The summed E-state index contributed by atoms with van der Waals surface area (Å²) in [5, 5.41) is 7.54. The third-order valence-electron chi connectivity index (χ3n) is 14.3. The van der Waals surface area contributed by atoms with Crippen LogP contribution in [0.5, 0.6) is 0 Å². The minimum atomic E-state index is 1.08. The molecule has 14 aromatic rings. The van der Waals surface area contributed by atoms with Crippen molar-refractivity contribution in [1.29, 1.82) is 0 Å². The van der Waals surface area contributed by atoms with E-state index in [0.717, 1.165) is 28.4 Å². The molecule has 0 radical (unpaired) electrons. The van der Waals surface area contributed by atoms with Gasteiger partial charge in [-0.1, -0.05) is 152 Å². The van der Waals surface area contributed by atoms with Crippen LogP contribution in [0.3, 0.4) is 0 Å². The van der Waals surface area contributed by atoms with Gasteiger partial charge in [0.2, 0.25) is 0 Å². The van der Waals surface area contributed by atoms with Crippen LogP contribution in [-0.2, 0) is 0 Å². The zero-order chi connectivity index (χ0) is 46.1. The Morgan fingerprint density at radius 1 is 0.200 bits per heavy atom. The lowest BCUT2D eigenvalue weighted by Crippen LogP contribution is -2.10. The lowest BCUT2D eigenvalue weighted by Gasteiger charge is -2.26. The van der Waals surface area contributed by atoms with Crippen LogP contribution < -0.4 is 4.90 Å². The molecule has 0 bridgehead atoms. The van der Waals surface area contributed by atoms with Crippen LogP contribution in [0.4, 0.5) is 17.1 Å². The summed E-state index contributed by atoms with van der Waals surface area (Å²) in [6, 6.07) is 97.0. The molecule has 0 fully saturated rings. The molecule has 0 atom stereocenters. The molecule has 0 saturated heterocycles. The summed E-state index contributed by atoms with van der Waals surface area (Å²) in [4.78, 5) is 2.36. The number of nitrogens with zero attached hydrogens (tertiary/aromatic N) is 4. The van der Waals surface area contributed by atoms with Gasteiger partial charge in [-0.05, 0) is 138 Å². The second-order valence-corrected chi connectivity index (χ2v) is 18.2. The Hall–Kier alpha value is -9.38. The van der Waals surface area contributed by atoms with Gasteiger partial charge in [-0.15, -0.1) is 0 Å². The number of benzene rings is 11. The first-order chi connectivity index (χ1) is 34.7. The smallest absolute Gasteiger partial charge is 0.0541 e. The fraction of sp³-hybridized carbons (Fsp3) is 0. The van der Waals surface area contributed by atoms with Crippen molar-refractivity contribution < 1.29 is 0 Å². The number of rotatable bonds is 8. The molecule has 14 rings (SSSR count). The SMILES string of the molecule is c1ccc(-n2c3ccccc3c3cc(-c4ccc(-c5ccc(N(c6ccc(-n7c8ccccc8c8ccccc87)cc6)c6ccc(-n7c8ccccc8c8ccccc87)cc6)cc5)cc4)ccc32)cc1. The van der Waals surface area contributed by atoms with Crippen LogP contribution in [0, 0.1) is 0 Å². The fourth-order valence-electron chi connectivity index (χ4n) is 11.0. The van der Waals surface area contributed by atoms with Gasteiger partial charge in [-0.3, -0.25) is 0 Å². The summed E-state index contributed by atoms with van der Waals surface area (Å²) >= 11 is 0. The maximum Gasteiger partial charge on any atom is 0.0541 e. The van der Waals surface area contributed by atoms with Gasteiger partial charge in [0, 0.05) is 66.4 Å². The minimum absolute atomic E-state index is 1.08. The summed E-state index contributed by atoms with van der Waals surface area (Å²) in [5.74, 6) is 0. The molecular weight excluding hydrogens is 849 g/mol. The normalized spacial score (nSPS) is 11.7. The maximum absolute atomic E-state index is 2.38. The van der Waals surface area contributed by atoms with E-state index in [-0.39, 0.29) is 0 Å². The molecule has 0 saturated carbocycles. The lowest BCUT2D eigenvalue weighted by molar-refractivity contribution is 1.17. The summed E-state index contributed by atoms with van der Waals surface area (Å²) < 4.78 is 7.12. The van der Waals surface area contributed by atoms with Crippen molar-refractivity contribution in [3.8, 4) is 39.3 Å². The number of hydrogen-bond donors (Lipinski definition) is 0. The molecule has 0 aliphatic rings. The summed E-state index contributed by atoms with van der Waals surface area (Å²) in [5.41, 5.74) is 18.6. The first-order valence-corrected chi connectivity index (χ1v) is 24.0. The summed E-state index contributed by atoms with van der Waals surface area (Å²) in [6.45, 7) is 0. The Bertz CT molecular complexity index is 3990. The highest BCUT2D eigenvalue weighted by molar-refractivity contribution is 6.12. The highest BCUT2D eigenvalue weighted by Crippen LogP contribution is 2.40. The fourth-order valence-corrected chi connectivity index (χ4v) is 11.0. The van der Waals surface area contributed by atoms with Gasteiger partial charge in [0.05, 0.1) is 33.1 Å². The van der Waals surface area contributed by atoms with Gasteiger partial charge in [0.25, 0.3) is 0 Å². The van der Waals surface area contributed by atoms with E-state index in [2.05, 4.69) is 286 Å². The average molecular weight is 893 g/mol. The predicted octanol–water partition coefficient (Wildman–Crippen LogP) is 17.8. The van der Waals surface area contributed by atoms with Crippen molar-refractivity contribution >= 4 is 82.5 Å². The molecule has 0 aliphatic heterocycles. The van der Waals surface area contributed by atoms with Crippen LogP contribution in [0.25, 0.3) is 105 Å². The van der Waals surface area contributed by atoms with E-state index in [4.69, 9.17) is 0 Å². The lowest BCUT2D eigenvalue weighted by atomic mass is 9.99. The van der Waals surface area contributed by atoms with E-state index in [1.54, 1.807) is 0 Å². The Morgan fingerprint density at radius 2 is 0.471 bits per heavy atom. The van der Waals surface area contributed by atoms with Crippen LogP contribution in [0.15, 0.2) is 267 Å². The van der Waals surface area contributed by atoms with Crippen molar-refractivity contribution in [2.75, 3.05) is 4.90 Å². The maximum atomic E-state index is 2.38. The second kappa shape index (κ2) is 16.2. The minimum Gasteiger partial charge on any atom is -0.311 e. The molecular formula is C66H44N4. The molecule has 4 heteroatoms. The van der Waals surface area contributed by atoms with Crippen molar-refractivity contribution in [1.82, 2.24) is 13.7 Å². The number of hydrogen-bond acceptors (Lipinski definition) is 1. The highest BCUT2D eigenvalue weighted by atomic mass is 15.1. The van der Waals surface area contributed by atoms with Crippen molar-refractivity contribution in [3.63, 3.8) is 0 Å². The molecule has 0 unspecified atom stereocenters. The largest absolute Gasteiger partial charge is 0.311 e. The Labute approximate surface area is 405 Å². The van der Waals surface area contributed by atoms with Crippen LogP contribution >= 0.6 is 0 Å². The Balaban J connectivity index is 0.822. The summed E-state index contributed by atoms with van der Waals surface area (Å²) in [6.07, 6.45) is 0. The monoisotopic (exact) mass is 892 g/mol. The molecule has 0 spiro atoms. The molecule has 328 valence electrons. The average Bonchev–Trinajstić information content (AvgIpc) is 4.08.